The van der Waals surface area contributed by atoms with E-state index < -0.39 is 0 Å². The second-order valence-corrected chi connectivity index (χ2v) is 8.96. The molecule has 158 valence electrons. The van der Waals surface area contributed by atoms with Gasteiger partial charge in [0.25, 0.3) is 0 Å². The molecule has 1 aliphatic carbocycles. The minimum absolute atomic E-state index is 0.302. The van der Waals surface area contributed by atoms with Gasteiger partial charge in [-0.1, -0.05) is 41.0 Å². The van der Waals surface area contributed by atoms with Crippen LogP contribution in [-0.2, 0) is 0 Å². The van der Waals surface area contributed by atoms with Crippen molar-refractivity contribution < 1.29 is 4.79 Å². The Hall–Kier alpha value is -0.770. The Kier molecular flexibility index (Phi) is 9.41. The lowest BCUT2D eigenvalue weighted by Gasteiger charge is -2.43. The molecule has 4 heteroatoms. The first kappa shape index (κ1) is 22.5. The van der Waals surface area contributed by atoms with Crippen molar-refractivity contribution in [1.29, 1.82) is 0 Å². The van der Waals surface area contributed by atoms with E-state index in [-0.39, 0.29) is 0 Å². The molecule has 0 bridgehead atoms. The summed E-state index contributed by atoms with van der Waals surface area (Å²) in [5.41, 5.74) is 0. The molecular weight excluding hydrogens is 334 g/mol. The van der Waals surface area contributed by atoms with Crippen LogP contribution in [0.2, 0.25) is 0 Å². The number of piperidine rings is 1. The number of carbonyl (C=O) groups excluding carboxylic acids is 1. The molecule has 0 N–H and O–H groups in total. The number of piperazine rings is 1. The van der Waals surface area contributed by atoms with Gasteiger partial charge in [-0.25, -0.2) is 4.79 Å². The average Bonchev–Trinajstić information content (AvgIpc) is 2.75. The summed E-state index contributed by atoms with van der Waals surface area (Å²) in [6, 6.07) is 1.08. The molecule has 0 atom stereocenters. The van der Waals surface area contributed by atoms with Gasteiger partial charge in [-0.2, -0.15) is 0 Å². The Bertz CT molecular complexity index is 415. The Labute approximate surface area is 168 Å². The molecule has 0 radical (unpaired) electrons. The molecule has 2 heterocycles. The van der Waals surface area contributed by atoms with E-state index in [0.717, 1.165) is 63.1 Å². The average molecular weight is 380 g/mol. The number of hydrogen-bond donors (Lipinski definition) is 0. The van der Waals surface area contributed by atoms with Gasteiger partial charge in [0.2, 0.25) is 0 Å². The SMILES string of the molecule is CC.CCC1CCC(N2CCN(C(=O)N3CCC(C(C)C)CC3)CC2)CC1. The number of hydrogen-bond acceptors (Lipinski definition) is 2. The fraction of sp³-hybridized carbons (Fsp3) is 0.957. The lowest BCUT2D eigenvalue weighted by Crippen LogP contribution is -2.56. The predicted octanol–water partition coefficient (Wildman–Crippen LogP) is 5.09. The van der Waals surface area contributed by atoms with Crippen LogP contribution in [0, 0.1) is 17.8 Å². The van der Waals surface area contributed by atoms with Crippen LogP contribution in [0.3, 0.4) is 0 Å². The van der Waals surface area contributed by atoms with Crippen molar-refractivity contribution in [3.05, 3.63) is 0 Å². The van der Waals surface area contributed by atoms with Crippen LogP contribution in [0.4, 0.5) is 4.79 Å². The fourth-order valence-corrected chi connectivity index (χ4v) is 5.15. The number of rotatable bonds is 3. The normalized spacial score (nSPS) is 28.1. The summed E-state index contributed by atoms with van der Waals surface area (Å²) in [4.78, 5) is 19.7. The summed E-state index contributed by atoms with van der Waals surface area (Å²) in [5, 5.41) is 0. The van der Waals surface area contributed by atoms with Crippen LogP contribution in [0.25, 0.3) is 0 Å². The maximum atomic E-state index is 12.8. The Balaban J connectivity index is 0.00000126. The first-order valence-corrected chi connectivity index (χ1v) is 11.9. The highest BCUT2D eigenvalue weighted by atomic mass is 16.2. The number of nitrogens with zero attached hydrogens (tertiary/aromatic N) is 3. The predicted molar refractivity (Wildman–Crippen MR) is 115 cm³/mol. The molecule has 2 aliphatic heterocycles. The maximum absolute atomic E-state index is 12.8. The maximum Gasteiger partial charge on any atom is 0.320 e. The molecule has 0 aromatic heterocycles. The van der Waals surface area contributed by atoms with Gasteiger partial charge in [0.1, 0.15) is 0 Å². The number of amides is 2. The van der Waals surface area contributed by atoms with Crippen molar-refractivity contribution in [2.45, 2.75) is 85.6 Å². The summed E-state index contributed by atoms with van der Waals surface area (Å²) >= 11 is 0. The van der Waals surface area contributed by atoms with Gasteiger partial charge in [-0.15, -0.1) is 0 Å². The first-order chi connectivity index (χ1) is 13.1. The van der Waals surface area contributed by atoms with Crippen molar-refractivity contribution in [3.8, 4) is 0 Å². The third kappa shape index (κ3) is 6.10. The lowest BCUT2D eigenvalue weighted by atomic mass is 9.84. The molecule has 1 saturated carbocycles. The molecule has 0 aromatic carbocycles. The van der Waals surface area contributed by atoms with Crippen molar-refractivity contribution in [3.63, 3.8) is 0 Å². The van der Waals surface area contributed by atoms with Crippen molar-refractivity contribution in [1.82, 2.24) is 14.7 Å². The molecule has 3 rings (SSSR count). The van der Waals surface area contributed by atoms with Crippen molar-refractivity contribution in [2.24, 2.45) is 17.8 Å². The molecule has 0 aromatic rings. The van der Waals surface area contributed by atoms with E-state index >= 15 is 0 Å². The Morgan fingerprint density at radius 3 is 1.81 bits per heavy atom. The zero-order chi connectivity index (χ0) is 19.8. The highest BCUT2D eigenvalue weighted by Crippen LogP contribution is 2.30. The highest BCUT2D eigenvalue weighted by Gasteiger charge is 2.32. The third-order valence-electron chi connectivity index (χ3n) is 7.25. The third-order valence-corrected chi connectivity index (χ3v) is 7.25. The van der Waals surface area contributed by atoms with Crippen molar-refractivity contribution in [2.75, 3.05) is 39.3 Å². The smallest absolute Gasteiger partial charge is 0.320 e. The molecule has 4 nitrogen and oxygen atoms in total. The largest absolute Gasteiger partial charge is 0.325 e. The van der Waals surface area contributed by atoms with Gasteiger partial charge in [0.15, 0.2) is 0 Å². The zero-order valence-electron chi connectivity index (χ0n) is 18.8. The molecule has 2 saturated heterocycles. The summed E-state index contributed by atoms with van der Waals surface area (Å²) in [6.07, 6.45) is 9.27. The second-order valence-electron chi connectivity index (χ2n) is 8.96. The molecular formula is C23H45N3O. The lowest BCUT2D eigenvalue weighted by molar-refractivity contribution is 0.0648. The molecule has 2 amide bonds. The van der Waals surface area contributed by atoms with Crippen molar-refractivity contribution >= 4 is 6.03 Å². The monoisotopic (exact) mass is 379 g/mol. The van der Waals surface area contributed by atoms with E-state index in [1.54, 1.807) is 0 Å². The molecule has 27 heavy (non-hydrogen) atoms. The molecule has 3 aliphatic rings. The second kappa shape index (κ2) is 11.3. The number of carbonyl (C=O) groups is 1. The zero-order valence-corrected chi connectivity index (χ0v) is 18.8. The van der Waals surface area contributed by atoms with Crippen LogP contribution in [0.5, 0.6) is 0 Å². The van der Waals surface area contributed by atoms with E-state index in [1.165, 1.54) is 44.9 Å². The van der Waals surface area contributed by atoms with Crippen LogP contribution < -0.4 is 0 Å². The van der Waals surface area contributed by atoms with Gasteiger partial charge in [0, 0.05) is 45.3 Å². The topological polar surface area (TPSA) is 26.8 Å². The Morgan fingerprint density at radius 2 is 1.33 bits per heavy atom. The van der Waals surface area contributed by atoms with Gasteiger partial charge < -0.3 is 9.80 Å². The van der Waals surface area contributed by atoms with E-state index in [4.69, 9.17) is 0 Å². The van der Waals surface area contributed by atoms with Crippen LogP contribution in [0.15, 0.2) is 0 Å². The van der Waals surface area contributed by atoms with E-state index in [2.05, 4.69) is 35.5 Å². The van der Waals surface area contributed by atoms with Gasteiger partial charge in [0.05, 0.1) is 0 Å². The van der Waals surface area contributed by atoms with E-state index in [9.17, 15) is 4.79 Å². The minimum Gasteiger partial charge on any atom is -0.325 e. The van der Waals surface area contributed by atoms with E-state index in [0.29, 0.717) is 6.03 Å². The van der Waals surface area contributed by atoms with Crippen LogP contribution in [0.1, 0.15) is 79.6 Å². The summed E-state index contributed by atoms with van der Waals surface area (Å²) in [7, 11) is 0. The van der Waals surface area contributed by atoms with E-state index in [1.807, 2.05) is 13.8 Å². The summed E-state index contributed by atoms with van der Waals surface area (Å²) in [5.74, 6) is 2.52. The van der Waals surface area contributed by atoms with Gasteiger partial charge >= 0.3 is 6.03 Å². The molecule has 0 spiro atoms. The standard InChI is InChI=1S/C21H39N3O.C2H6/c1-4-18-5-7-20(8-6-18)22-13-15-24(16-14-22)21(25)23-11-9-19(10-12-23)17(2)3;1-2/h17-20H,4-16H2,1-3H3;1-2H3. The Morgan fingerprint density at radius 1 is 0.815 bits per heavy atom. The molecule has 0 unspecified atom stereocenters. The fourth-order valence-electron chi connectivity index (χ4n) is 5.15. The first-order valence-electron chi connectivity index (χ1n) is 11.9. The van der Waals surface area contributed by atoms with Gasteiger partial charge in [-0.3, -0.25) is 4.90 Å². The summed E-state index contributed by atoms with van der Waals surface area (Å²) in [6.45, 7) is 16.9. The summed E-state index contributed by atoms with van der Waals surface area (Å²) < 4.78 is 0. The highest BCUT2D eigenvalue weighted by molar-refractivity contribution is 5.74. The minimum atomic E-state index is 0.302. The quantitative estimate of drug-likeness (QED) is 0.683. The number of urea groups is 1. The van der Waals surface area contributed by atoms with Crippen LogP contribution in [-0.4, -0.2) is 66.0 Å². The van der Waals surface area contributed by atoms with Crippen LogP contribution >= 0.6 is 0 Å². The number of likely N-dealkylation sites (tertiary alicyclic amines) is 1. The molecule has 3 fully saturated rings. The van der Waals surface area contributed by atoms with Gasteiger partial charge in [-0.05, 0) is 56.3 Å².